The average molecular weight is 699 g/mol. The topological polar surface area (TPSA) is 111 Å². The summed E-state index contributed by atoms with van der Waals surface area (Å²) in [6, 6.07) is 0.251. The first-order valence-corrected chi connectivity index (χ1v) is 21.1. The minimum atomic E-state index is -0.223. The van der Waals surface area contributed by atoms with Crippen LogP contribution in [-0.2, 0) is 14.3 Å². The number of fused-ring (bicyclic) bond motifs is 5. The maximum Gasteiger partial charge on any atom is 0.306 e. The zero-order chi connectivity index (χ0) is 36.5. The van der Waals surface area contributed by atoms with Crippen LogP contribution in [0.15, 0.2) is 11.6 Å². The van der Waals surface area contributed by atoms with Gasteiger partial charge in [0.2, 0.25) is 5.91 Å². The summed E-state index contributed by atoms with van der Waals surface area (Å²) in [4.78, 5) is 28.2. The van der Waals surface area contributed by atoms with Gasteiger partial charge in [0.1, 0.15) is 6.10 Å². The summed E-state index contributed by atoms with van der Waals surface area (Å²) < 4.78 is 6.09. The molecular formula is C43H78N4O3. The molecule has 0 aliphatic heterocycles. The Labute approximate surface area is 307 Å². The van der Waals surface area contributed by atoms with Gasteiger partial charge in [-0.05, 0) is 144 Å². The first-order chi connectivity index (χ1) is 23.7. The lowest BCUT2D eigenvalue weighted by Crippen LogP contribution is -2.51. The van der Waals surface area contributed by atoms with Crippen molar-refractivity contribution in [2.45, 2.75) is 176 Å². The Morgan fingerprint density at radius 2 is 1.62 bits per heavy atom. The van der Waals surface area contributed by atoms with Gasteiger partial charge in [-0.15, -0.1) is 0 Å². The van der Waals surface area contributed by atoms with Crippen molar-refractivity contribution >= 4 is 11.9 Å². The molecule has 3 saturated carbocycles. The molecule has 4 aliphatic rings. The second-order valence-corrected chi connectivity index (χ2v) is 18.5. The van der Waals surface area contributed by atoms with Crippen LogP contribution in [-0.4, -0.2) is 61.1 Å². The monoisotopic (exact) mass is 699 g/mol. The second-order valence-electron chi connectivity index (χ2n) is 18.5. The van der Waals surface area contributed by atoms with E-state index in [-0.39, 0.29) is 48.3 Å². The molecule has 50 heavy (non-hydrogen) atoms. The SMILES string of the molecule is CC(C)CCCC(C)[C@H]1CC[C@H]2[C@@H]3CC=C4C[C@@H](OC(=O)CCC(=O)N(CCCCNCCC(C)N)CCC(C)N)CC[C@]4(C)[C@H]3CC[C@]12C. The third-order valence-corrected chi connectivity index (χ3v) is 14.1. The van der Waals surface area contributed by atoms with E-state index in [1.165, 1.54) is 51.4 Å². The number of carbonyl (C=O) groups is 2. The largest absolute Gasteiger partial charge is 0.462 e. The molecule has 7 heteroatoms. The minimum Gasteiger partial charge on any atom is -0.462 e. The molecule has 0 heterocycles. The number of hydrogen-bond donors (Lipinski definition) is 3. The number of carbonyl (C=O) groups excluding carboxylic acids is 2. The molecule has 5 N–H and O–H groups in total. The van der Waals surface area contributed by atoms with Crippen molar-refractivity contribution in [2.24, 2.45) is 57.8 Å². The molecule has 0 aromatic rings. The van der Waals surface area contributed by atoms with Crippen LogP contribution in [0.5, 0.6) is 0 Å². The van der Waals surface area contributed by atoms with Crippen molar-refractivity contribution in [1.82, 2.24) is 10.2 Å². The number of unbranched alkanes of at least 4 members (excludes halogenated alkanes) is 1. The fourth-order valence-corrected chi connectivity index (χ4v) is 11.1. The lowest BCUT2D eigenvalue weighted by Gasteiger charge is -2.58. The summed E-state index contributed by atoms with van der Waals surface area (Å²) in [5.41, 5.74) is 14.1. The van der Waals surface area contributed by atoms with Crippen molar-refractivity contribution in [3.63, 3.8) is 0 Å². The average Bonchev–Trinajstić information content (AvgIpc) is 3.41. The third-order valence-electron chi connectivity index (χ3n) is 14.1. The summed E-state index contributed by atoms with van der Waals surface area (Å²) in [6.07, 6.45) is 20.4. The van der Waals surface area contributed by atoms with Gasteiger partial charge < -0.3 is 26.4 Å². The van der Waals surface area contributed by atoms with Crippen molar-refractivity contribution in [3.05, 3.63) is 11.6 Å². The van der Waals surface area contributed by atoms with E-state index in [0.29, 0.717) is 18.5 Å². The number of amides is 1. The Hall–Kier alpha value is -1.44. The normalized spacial score (nSPS) is 32.4. The fraction of sp³-hybridized carbons (Fsp3) is 0.907. The van der Waals surface area contributed by atoms with Crippen LogP contribution in [0.1, 0.15) is 158 Å². The van der Waals surface area contributed by atoms with E-state index < -0.39 is 0 Å². The maximum atomic E-state index is 13.2. The summed E-state index contributed by atoms with van der Waals surface area (Å²) >= 11 is 0. The zero-order valence-electron chi connectivity index (χ0n) is 33.4. The molecule has 288 valence electrons. The molecule has 4 aliphatic carbocycles. The van der Waals surface area contributed by atoms with E-state index >= 15 is 0 Å². The van der Waals surface area contributed by atoms with E-state index in [1.807, 2.05) is 18.7 Å². The molecule has 1 amide bonds. The van der Waals surface area contributed by atoms with E-state index in [2.05, 4.69) is 46.0 Å². The first kappa shape index (κ1) is 41.3. The van der Waals surface area contributed by atoms with Crippen LogP contribution in [0.2, 0.25) is 0 Å². The number of allylic oxidation sites excluding steroid dienone is 1. The van der Waals surface area contributed by atoms with Crippen LogP contribution >= 0.6 is 0 Å². The number of ether oxygens (including phenoxy) is 1. The molecule has 4 rings (SSSR count). The predicted octanol–water partition coefficient (Wildman–Crippen LogP) is 8.39. The summed E-state index contributed by atoms with van der Waals surface area (Å²) in [6.45, 7) is 19.7. The van der Waals surface area contributed by atoms with E-state index in [0.717, 1.165) is 93.5 Å². The molecule has 7 nitrogen and oxygen atoms in total. The maximum absolute atomic E-state index is 13.2. The molecule has 0 radical (unpaired) electrons. The highest BCUT2D eigenvalue weighted by Gasteiger charge is 2.59. The Kier molecular flexibility index (Phi) is 15.7. The molecule has 3 fully saturated rings. The van der Waals surface area contributed by atoms with Gasteiger partial charge in [-0.25, -0.2) is 0 Å². The number of nitrogens with zero attached hydrogens (tertiary/aromatic N) is 1. The molecular weight excluding hydrogens is 620 g/mol. The highest BCUT2D eigenvalue weighted by Crippen LogP contribution is 2.67. The molecule has 0 bridgehead atoms. The quantitative estimate of drug-likeness (QED) is 0.0669. The molecule has 0 aromatic heterocycles. The second kappa shape index (κ2) is 19.1. The Morgan fingerprint density at radius 1 is 0.860 bits per heavy atom. The van der Waals surface area contributed by atoms with Crippen LogP contribution in [0, 0.1) is 46.3 Å². The molecule has 0 saturated heterocycles. The summed E-state index contributed by atoms with van der Waals surface area (Å²) in [7, 11) is 0. The van der Waals surface area contributed by atoms with Crippen LogP contribution in [0.25, 0.3) is 0 Å². The third kappa shape index (κ3) is 10.8. The highest BCUT2D eigenvalue weighted by molar-refractivity contribution is 5.81. The van der Waals surface area contributed by atoms with Gasteiger partial charge in [-0.2, -0.15) is 0 Å². The van der Waals surface area contributed by atoms with Gasteiger partial charge in [0.15, 0.2) is 0 Å². The lowest BCUT2D eigenvalue weighted by molar-refractivity contribution is -0.153. The first-order valence-electron chi connectivity index (χ1n) is 21.1. The number of rotatable bonds is 20. The minimum absolute atomic E-state index is 0.0353. The van der Waals surface area contributed by atoms with Gasteiger partial charge in [0.05, 0.1) is 6.42 Å². The molecule has 0 spiro atoms. The molecule has 3 unspecified atom stereocenters. The van der Waals surface area contributed by atoms with Gasteiger partial charge in [-0.3, -0.25) is 9.59 Å². The highest BCUT2D eigenvalue weighted by atomic mass is 16.5. The van der Waals surface area contributed by atoms with Crippen molar-refractivity contribution < 1.29 is 14.3 Å². The van der Waals surface area contributed by atoms with E-state index in [1.54, 1.807) is 5.57 Å². The Bertz CT molecular complexity index is 1110. The van der Waals surface area contributed by atoms with Crippen LogP contribution < -0.4 is 16.8 Å². The Balaban J connectivity index is 1.25. The smallest absolute Gasteiger partial charge is 0.306 e. The summed E-state index contributed by atoms with van der Waals surface area (Å²) in [5, 5.41) is 3.44. The van der Waals surface area contributed by atoms with E-state index in [9.17, 15) is 9.59 Å². The van der Waals surface area contributed by atoms with Crippen molar-refractivity contribution in [3.8, 4) is 0 Å². The van der Waals surface area contributed by atoms with Gasteiger partial charge in [0.25, 0.3) is 0 Å². The molecule has 0 aromatic carbocycles. The van der Waals surface area contributed by atoms with Gasteiger partial charge in [0, 0.05) is 38.0 Å². The number of hydrogen-bond acceptors (Lipinski definition) is 6. The number of nitrogens with two attached hydrogens (primary N) is 2. The predicted molar refractivity (Wildman–Crippen MR) is 207 cm³/mol. The fourth-order valence-electron chi connectivity index (χ4n) is 11.1. The van der Waals surface area contributed by atoms with E-state index in [4.69, 9.17) is 16.2 Å². The lowest BCUT2D eigenvalue weighted by atomic mass is 9.47. The van der Waals surface area contributed by atoms with Crippen LogP contribution in [0.3, 0.4) is 0 Å². The van der Waals surface area contributed by atoms with Gasteiger partial charge >= 0.3 is 5.97 Å². The Morgan fingerprint density at radius 3 is 2.34 bits per heavy atom. The van der Waals surface area contributed by atoms with Crippen molar-refractivity contribution in [1.29, 1.82) is 0 Å². The zero-order valence-corrected chi connectivity index (χ0v) is 33.4. The number of nitrogens with one attached hydrogen (secondary N) is 1. The standard InChI is InChI=1S/C43H78N4O3/c1-30(2)11-10-12-31(3)37-15-16-38-36-14-13-34-29-35(19-23-42(34,6)39(36)20-24-43(37,38)7)50-41(49)18-17-40(48)47(28-22-33(5)45)27-9-8-25-46-26-21-32(4)44/h13,30-33,35-39,46H,8-12,14-29,44-45H2,1-7H3/t31?,32?,33?,35-,36-,37+,38-,39-,42-,43+/m0/s1. The van der Waals surface area contributed by atoms with Crippen LogP contribution in [0.4, 0.5) is 0 Å². The summed E-state index contributed by atoms with van der Waals surface area (Å²) in [5.74, 6) is 4.78. The van der Waals surface area contributed by atoms with Crippen molar-refractivity contribution in [2.75, 3.05) is 26.2 Å². The number of esters is 1. The molecule has 10 atom stereocenters. The van der Waals surface area contributed by atoms with Gasteiger partial charge in [-0.1, -0.05) is 65.5 Å².